The maximum atomic E-state index is 13.0. The highest BCUT2D eigenvalue weighted by atomic mass is 31.2. The Hall–Kier alpha value is -0.760. The van der Waals surface area contributed by atoms with Crippen LogP contribution in [0.25, 0.3) is 0 Å². The van der Waals surface area contributed by atoms with E-state index in [0.717, 1.165) is 38.5 Å². The topological polar surface area (TPSA) is 108 Å². The number of hydrogen-bond donors (Lipinski definition) is 2. The minimum absolute atomic E-state index is 0.0144. The van der Waals surface area contributed by atoms with Gasteiger partial charge in [0, 0.05) is 6.42 Å². The van der Waals surface area contributed by atoms with Gasteiger partial charge in [-0.25, -0.2) is 0 Å². The van der Waals surface area contributed by atoms with Crippen molar-refractivity contribution < 1.29 is 32.9 Å². The van der Waals surface area contributed by atoms with Crippen molar-refractivity contribution in [1.29, 1.82) is 0 Å². The first-order valence-electron chi connectivity index (χ1n) is 30.5. The van der Waals surface area contributed by atoms with E-state index in [2.05, 4.69) is 31.3 Å². The Bertz CT molecular complexity index is 1130. The van der Waals surface area contributed by atoms with E-state index in [1.54, 1.807) is 0 Å². The number of nitrogens with zero attached hydrogens (tertiary/aromatic N) is 1. The molecule has 3 unspecified atom stereocenters. The number of likely N-dealkylation sites (N-methyl/N-ethyl adjacent to an activating group) is 1. The smallest absolute Gasteiger partial charge is 0.268 e. The molecule has 0 aliphatic rings. The van der Waals surface area contributed by atoms with Gasteiger partial charge in [0.1, 0.15) is 13.2 Å². The number of carbonyl (C=O) groups excluding carboxylic acids is 1. The molecular formula is C60H121N2O6P. The minimum Gasteiger partial charge on any atom is -0.756 e. The Labute approximate surface area is 431 Å². The van der Waals surface area contributed by atoms with Crippen molar-refractivity contribution >= 4 is 13.7 Å². The lowest BCUT2D eigenvalue weighted by Gasteiger charge is -2.30. The number of carbonyl (C=O) groups is 1. The van der Waals surface area contributed by atoms with Crippen molar-refractivity contribution in [1.82, 2.24) is 5.32 Å². The second-order valence-corrected chi connectivity index (χ2v) is 23.8. The van der Waals surface area contributed by atoms with Crippen LogP contribution >= 0.6 is 7.82 Å². The molecule has 0 saturated heterocycles. The summed E-state index contributed by atoms with van der Waals surface area (Å²) in [5.41, 5.74) is 0. The number of aliphatic hydroxyl groups excluding tert-OH is 1. The molecule has 69 heavy (non-hydrogen) atoms. The Balaban J connectivity index is 4.11. The molecule has 1 amide bonds. The van der Waals surface area contributed by atoms with Crippen LogP contribution in [-0.2, 0) is 18.4 Å². The van der Waals surface area contributed by atoms with Gasteiger partial charge in [0.2, 0.25) is 5.91 Å². The average molecular weight is 998 g/mol. The minimum atomic E-state index is -4.57. The van der Waals surface area contributed by atoms with Crippen LogP contribution in [0.5, 0.6) is 0 Å². The number of rotatable bonds is 57. The highest BCUT2D eigenvalue weighted by Crippen LogP contribution is 2.38. The van der Waals surface area contributed by atoms with Crippen LogP contribution in [0.4, 0.5) is 0 Å². The number of amides is 1. The first-order valence-corrected chi connectivity index (χ1v) is 32.0. The van der Waals surface area contributed by atoms with Gasteiger partial charge < -0.3 is 28.8 Å². The predicted molar refractivity (Wildman–Crippen MR) is 298 cm³/mol. The third-order valence-corrected chi connectivity index (χ3v) is 15.2. The number of phosphoric acid groups is 1. The van der Waals surface area contributed by atoms with Crippen LogP contribution in [0.3, 0.4) is 0 Å². The quantitative estimate of drug-likeness (QED) is 0.0272. The van der Waals surface area contributed by atoms with Crippen molar-refractivity contribution in [3.8, 4) is 0 Å². The first-order chi connectivity index (χ1) is 33.5. The van der Waals surface area contributed by atoms with Gasteiger partial charge in [-0.1, -0.05) is 283 Å². The molecular weight excluding hydrogens is 876 g/mol. The standard InChI is InChI=1S/C60H121N2O6P/c1-6-8-10-12-14-16-18-20-22-24-26-28-30-31-32-34-36-38-40-42-44-46-48-50-52-54-60(64)61-58(57-68-69(65,66)67-56-55-62(3,4)5)59(63)53-51-49-47-45-43-41-39-37-35-33-29-27-25-23-21-19-17-15-13-11-9-7-2/h31-32,58-59,63H,6-30,33-57H2,1-5H3,(H-,61,64,65,66)/b32-31-. The van der Waals surface area contributed by atoms with Gasteiger partial charge >= 0.3 is 0 Å². The van der Waals surface area contributed by atoms with E-state index < -0.39 is 20.0 Å². The molecule has 0 fully saturated rings. The summed E-state index contributed by atoms with van der Waals surface area (Å²) in [6.45, 7) is 4.78. The average Bonchev–Trinajstić information content (AvgIpc) is 3.31. The third-order valence-electron chi connectivity index (χ3n) is 14.3. The number of aliphatic hydroxyl groups is 1. The predicted octanol–water partition coefficient (Wildman–Crippen LogP) is 18.0. The molecule has 0 aromatic rings. The normalized spacial score (nSPS) is 13.9. The second-order valence-electron chi connectivity index (χ2n) is 22.4. The zero-order valence-electron chi connectivity index (χ0n) is 47.0. The fraction of sp³-hybridized carbons (Fsp3) is 0.950. The summed E-state index contributed by atoms with van der Waals surface area (Å²) in [6.07, 6.45) is 63.9. The Morgan fingerprint density at radius 2 is 0.797 bits per heavy atom. The van der Waals surface area contributed by atoms with Gasteiger partial charge in [-0.3, -0.25) is 9.36 Å². The van der Waals surface area contributed by atoms with Gasteiger partial charge in [0.25, 0.3) is 7.82 Å². The summed E-state index contributed by atoms with van der Waals surface area (Å²) in [4.78, 5) is 25.6. The van der Waals surface area contributed by atoms with Crippen molar-refractivity contribution in [2.24, 2.45) is 0 Å². The van der Waals surface area contributed by atoms with Crippen molar-refractivity contribution in [2.45, 2.75) is 328 Å². The number of allylic oxidation sites excluding steroid dienone is 2. The molecule has 9 heteroatoms. The second kappa shape index (κ2) is 52.1. The van der Waals surface area contributed by atoms with Gasteiger partial charge in [-0.2, -0.15) is 0 Å². The van der Waals surface area contributed by atoms with Gasteiger partial charge in [-0.05, 0) is 38.5 Å². The Kier molecular flexibility index (Phi) is 51.5. The zero-order valence-corrected chi connectivity index (χ0v) is 47.9. The molecule has 3 atom stereocenters. The van der Waals surface area contributed by atoms with Crippen LogP contribution < -0.4 is 10.2 Å². The van der Waals surface area contributed by atoms with Crippen LogP contribution in [0.1, 0.15) is 316 Å². The number of phosphoric ester groups is 1. The largest absolute Gasteiger partial charge is 0.756 e. The lowest BCUT2D eigenvalue weighted by Crippen LogP contribution is -2.46. The summed E-state index contributed by atoms with van der Waals surface area (Å²) < 4.78 is 23.5. The van der Waals surface area contributed by atoms with E-state index >= 15 is 0 Å². The van der Waals surface area contributed by atoms with Crippen molar-refractivity contribution in [3.63, 3.8) is 0 Å². The highest BCUT2D eigenvalue weighted by Gasteiger charge is 2.24. The van der Waals surface area contributed by atoms with E-state index in [9.17, 15) is 19.4 Å². The number of nitrogens with one attached hydrogen (secondary N) is 1. The lowest BCUT2D eigenvalue weighted by molar-refractivity contribution is -0.870. The highest BCUT2D eigenvalue weighted by molar-refractivity contribution is 7.45. The van der Waals surface area contributed by atoms with E-state index in [4.69, 9.17) is 9.05 Å². The van der Waals surface area contributed by atoms with Gasteiger partial charge in [0.15, 0.2) is 0 Å². The van der Waals surface area contributed by atoms with Crippen LogP contribution in [-0.4, -0.2) is 68.5 Å². The van der Waals surface area contributed by atoms with Crippen LogP contribution in [0.15, 0.2) is 12.2 Å². The molecule has 8 nitrogen and oxygen atoms in total. The third kappa shape index (κ3) is 54.8. The van der Waals surface area contributed by atoms with E-state index in [1.165, 1.54) is 250 Å². The number of quaternary nitrogens is 1. The van der Waals surface area contributed by atoms with Crippen LogP contribution in [0, 0.1) is 0 Å². The maximum absolute atomic E-state index is 13.0. The Morgan fingerprint density at radius 3 is 1.13 bits per heavy atom. The molecule has 0 heterocycles. The monoisotopic (exact) mass is 997 g/mol. The molecule has 0 spiro atoms. The van der Waals surface area contributed by atoms with Crippen LogP contribution in [0.2, 0.25) is 0 Å². The zero-order chi connectivity index (χ0) is 50.6. The summed E-state index contributed by atoms with van der Waals surface area (Å²) >= 11 is 0. The summed E-state index contributed by atoms with van der Waals surface area (Å²) in [7, 11) is 1.32. The molecule has 0 aliphatic heterocycles. The van der Waals surface area contributed by atoms with E-state index in [1.807, 2.05) is 21.1 Å². The SMILES string of the molecule is CCCCCCCCCCCCCC/C=C\CCCCCCCCCCCC(=O)NC(COP(=O)([O-])OCC[N+](C)(C)C)C(O)CCCCCCCCCCCCCCCCCCCCCCCC. The van der Waals surface area contributed by atoms with Gasteiger partial charge in [-0.15, -0.1) is 0 Å². The molecule has 0 rings (SSSR count). The van der Waals surface area contributed by atoms with E-state index in [-0.39, 0.29) is 19.1 Å². The molecule has 0 bridgehead atoms. The molecule has 0 aromatic heterocycles. The molecule has 0 aromatic carbocycles. The lowest BCUT2D eigenvalue weighted by atomic mass is 10.0. The number of hydrogen-bond acceptors (Lipinski definition) is 6. The molecule has 0 aliphatic carbocycles. The molecule has 0 saturated carbocycles. The summed E-state index contributed by atoms with van der Waals surface area (Å²) in [5, 5.41) is 14.1. The first kappa shape index (κ1) is 68.2. The van der Waals surface area contributed by atoms with Crippen molar-refractivity contribution in [2.75, 3.05) is 40.9 Å². The summed E-state index contributed by atoms with van der Waals surface area (Å²) in [5.74, 6) is -0.161. The van der Waals surface area contributed by atoms with Crippen molar-refractivity contribution in [3.05, 3.63) is 12.2 Å². The molecule has 0 radical (unpaired) electrons. The molecule has 2 N–H and O–H groups in total. The summed E-state index contributed by atoms with van der Waals surface area (Å²) in [6, 6.07) is -0.800. The van der Waals surface area contributed by atoms with Gasteiger partial charge in [0.05, 0.1) is 39.9 Å². The Morgan fingerprint density at radius 1 is 0.493 bits per heavy atom. The molecule has 412 valence electrons. The number of unbranched alkanes of at least 4 members (excludes halogenated alkanes) is 42. The van der Waals surface area contributed by atoms with E-state index in [0.29, 0.717) is 23.9 Å². The fourth-order valence-electron chi connectivity index (χ4n) is 9.45. The maximum Gasteiger partial charge on any atom is 0.268 e. The fourth-order valence-corrected chi connectivity index (χ4v) is 10.2.